The van der Waals surface area contributed by atoms with Gasteiger partial charge in [-0.1, -0.05) is 12.1 Å². The molecule has 0 atom stereocenters. The molecule has 0 spiro atoms. The summed E-state index contributed by atoms with van der Waals surface area (Å²) in [5.74, 6) is 1.89. The van der Waals surface area contributed by atoms with Crippen molar-refractivity contribution < 1.29 is 9.47 Å². The van der Waals surface area contributed by atoms with Crippen molar-refractivity contribution in [3.8, 4) is 17.4 Å². The molecule has 19 heavy (non-hydrogen) atoms. The zero-order valence-electron chi connectivity index (χ0n) is 11.4. The zero-order chi connectivity index (χ0) is 13.8. The van der Waals surface area contributed by atoms with Crippen molar-refractivity contribution in [2.75, 3.05) is 7.11 Å². The first-order valence-corrected chi connectivity index (χ1v) is 6.13. The molecule has 0 aliphatic rings. The van der Waals surface area contributed by atoms with Gasteiger partial charge in [-0.05, 0) is 37.1 Å². The normalized spacial score (nSPS) is 10.3. The monoisotopic (exact) mass is 258 g/mol. The van der Waals surface area contributed by atoms with E-state index in [1.807, 2.05) is 44.2 Å². The third-order valence-electron chi connectivity index (χ3n) is 2.92. The molecule has 0 amide bonds. The molecule has 0 bridgehead atoms. The Morgan fingerprint density at radius 1 is 1.11 bits per heavy atom. The molecule has 100 valence electrons. The van der Waals surface area contributed by atoms with Gasteiger partial charge in [0.05, 0.1) is 7.11 Å². The number of benzene rings is 1. The van der Waals surface area contributed by atoms with Crippen molar-refractivity contribution in [2.24, 2.45) is 5.73 Å². The Kier molecular flexibility index (Phi) is 4.02. The summed E-state index contributed by atoms with van der Waals surface area (Å²) in [5.41, 5.74) is 8.63. The molecule has 1 heterocycles. The van der Waals surface area contributed by atoms with Crippen LogP contribution in [0.1, 0.15) is 16.8 Å². The third-order valence-corrected chi connectivity index (χ3v) is 2.92. The first-order chi connectivity index (χ1) is 9.13. The van der Waals surface area contributed by atoms with Gasteiger partial charge in [-0.15, -0.1) is 0 Å². The summed E-state index contributed by atoms with van der Waals surface area (Å²) in [7, 11) is 1.62. The standard InChI is InChI=1S/C15H18N2O2/c1-10-4-6-13(14(8-10)18-3)19-15-7-5-12(9-16)11(2)17-15/h4-8H,9,16H2,1-3H3. The highest BCUT2D eigenvalue weighted by Gasteiger charge is 2.07. The lowest BCUT2D eigenvalue weighted by molar-refractivity contribution is 0.373. The number of rotatable bonds is 4. The molecule has 2 N–H and O–H groups in total. The zero-order valence-corrected chi connectivity index (χ0v) is 11.4. The molecule has 2 aromatic rings. The number of aromatic nitrogens is 1. The van der Waals surface area contributed by atoms with Crippen LogP contribution in [-0.4, -0.2) is 12.1 Å². The van der Waals surface area contributed by atoms with Crippen molar-refractivity contribution in [3.05, 3.63) is 47.2 Å². The third kappa shape index (κ3) is 3.03. The Hall–Kier alpha value is -2.07. The summed E-state index contributed by atoms with van der Waals surface area (Å²) < 4.78 is 11.1. The van der Waals surface area contributed by atoms with Crippen molar-refractivity contribution >= 4 is 0 Å². The highest BCUT2D eigenvalue weighted by atomic mass is 16.5. The predicted octanol–water partition coefficient (Wildman–Crippen LogP) is 2.96. The van der Waals surface area contributed by atoms with Crippen LogP contribution in [0.5, 0.6) is 17.4 Å². The summed E-state index contributed by atoms with van der Waals surface area (Å²) >= 11 is 0. The smallest absolute Gasteiger partial charge is 0.219 e. The fraction of sp³-hybridized carbons (Fsp3) is 0.267. The van der Waals surface area contributed by atoms with Crippen LogP contribution >= 0.6 is 0 Å². The summed E-state index contributed by atoms with van der Waals surface area (Å²) in [5, 5.41) is 0. The molecule has 0 radical (unpaired) electrons. The quantitative estimate of drug-likeness (QED) is 0.916. The van der Waals surface area contributed by atoms with Gasteiger partial charge in [-0.25, -0.2) is 4.98 Å². The van der Waals surface area contributed by atoms with E-state index in [9.17, 15) is 0 Å². The number of hydrogen-bond donors (Lipinski definition) is 1. The van der Waals surface area contributed by atoms with Crippen LogP contribution in [0.25, 0.3) is 0 Å². The van der Waals surface area contributed by atoms with Crippen LogP contribution < -0.4 is 15.2 Å². The fourth-order valence-electron chi connectivity index (χ4n) is 1.81. The first-order valence-electron chi connectivity index (χ1n) is 6.13. The van der Waals surface area contributed by atoms with Crippen molar-refractivity contribution in [3.63, 3.8) is 0 Å². The Morgan fingerprint density at radius 2 is 1.89 bits per heavy atom. The minimum absolute atomic E-state index is 0.479. The number of pyridine rings is 1. The first kappa shape index (κ1) is 13.4. The average Bonchev–Trinajstić information content (AvgIpc) is 2.41. The number of nitrogens with zero attached hydrogens (tertiary/aromatic N) is 1. The van der Waals surface area contributed by atoms with Gasteiger partial charge in [-0.3, -0.25) is 0 Å². The molecular weight excluding hydrogens is 240 g/mol. The van der Waals surface area contributed by atoms with Crippen molar-refractivity contribution in [1.29, 1.82) is 0 Å². The average molecular weight is 258 g/mol. The second-order valence-corrected chi connectivity index (χ2v) is 4.35. The van der Waals surface area contributed by atoms with E-state index in [1.54, 1.807) is 7.11 Å². The van der Waals surface area contributed by atoms with Gasteiger partial charge in [0.15, 0.2) is 11.5 Å². The van der Waals surface area contributed by atoms with E-state index in [-0.39, 0.29) is 0 Å². The lowest BCUT2D eigenvalue weighted by atomic mass is 10.2. The van der Waals surface area contributed by atoms with E-state index in [4.69, 9.17) is 15.2 Å². The minimum atomic E-state index is 0.479. The molecular formula is C15H18N2O2. The largest absolute Gasteiger partial charge is 0.493 e. The van der Waals surface area contributed by atoms with Crippen LogP contribution in [0.3, 0.4) is 0 Å². The SMILES string of the molecule is COc1cc(C)ccc1Oc1ccc(CN)c(C)n1. The number of hydrogen-bond acceptors (Lipinski definition) is 4. The summed E-state index contributed by atoms with van der Waals surface area (Å²) in [6, 6.07) is 9.52. The number of ether oxygens (including phenoxy) is 2. The van der Waals surface area contributed by atoms with Crippen LogP contribution in [-0.2, 0) is 6.54 Å². The van der Waals surface area contributed by atoms with E-state index in [1.165, 1.54) is 0 Å². The maximum absolute atomic E-state index is 5.76. The predicted molar refractivity (Wildman–Crippen MR) is 74.7 cm³/mol. The van der Waals surface area contributed by atoms with E-state index in [0.717, 1.165) is 16.8 Å². The van der Waals surface area contributed by atoms with Gasteiger partial charge in [0.25, 0.3) is 0 Å². The van der Waals surface area contributed by atoms with Crippen LogP contribution in [0.4, 0.5) is 0 Å². The van der Waals surface area contributed by atoms with E-state index < -0.39 is 0 Å². The topological polar surface area (TPSA) is 57.4 Å². The van der Waals surface area contributed by atoms with Gasteiger partial charge < -0.3 is 15.2 Å². The van der Waals surface area contributed by atoms with E-state index in [0.29, 0.717) is 23.9 Å². The van der Waals surface area contributed by atoms with Gasteiger partial charge >= 0.3 is 0 Å². The lowest BCUT2D eigenvalue weighted by Gasteiger charge is -2.11. The molecule has 1 aromatic heterocycles. The molecule has 0 aliphatic heterocycles. The Balaban J connectivity index is 2.28. The molecule has 0 saturated carbocycles. The van der Waals surface area contributed by atoms with Gasteiger partial charge in [-0.2, -0.15) is 0 Å². The molecule has 4 heteroatoms. The van der Waals surface area contributed by atoms with Crippen LogP contribution in [0, 0.1) is 13.8 Å². The second kappa shape index (κ2) is 5.71. The molecule has 0 aliphatic carbocycles. The maximum atomic E-state index is 5.76. The van der Waals surface area contributed by atoms with E-state index in [2.05, 4.69) is 4.98 Å². The Bertz CT molecular complexity index is 582. The second-order valence-electron chi connectivity index (χ2n) is 4.35. The molecule has 1 aromatic carbocycles. The van der Waals surface area contributed by atoms with Crippen molar-refractivity contribution in [2.45, 2.75) is 20.4 Å². The fourth-order valence-corrected chi connectivity index (χ4v) is 1.81. The number of methoxy groups -OCH3 is 1. The molecule has 2 rings (SSSR count). The highest BCUT2D eigenvalue weighted by molar-refractivity contribution is 5.44. The number of aryl methyl sites for hydroxylation is 2. The molecule has 0 fully saturated rings. The summed E-state index contributed by atoms with van der Waals surface area (Å²) in [4.78, 5) is 4.38. The minimum Gasteiger partial charge on any atom is -0.493 e. The number of nitrogens with two attached hydrogens (primary N) is 1. The highest BCUT2D eigenvalue weighted by Crippen LogP contribution is 2.31. The Labute approximate surface area is 113 Å². The van der Waals surface area contributed by atoms with Gasteiger partial charge in [0, 0.05) is 18.3 Å². The summed E-state index contributed by atoms with van der Waals surface area (Å²) in [6.07, 6.45) is 0. The summed E-state index contributed by atoms with van der Waals surface area (Å²) in [6.45, 7) is 4.40. The van der Waals surface area contributed by atoms with Crippen LogP contribution in [0.2, 0.25) is 0 Å². The van der Waals surface area contributed by atoms with Crippen molar-refractivity contribution in [1.82, 2.24) is 4.98 Å². The lowest BCUT2D eigenvalue weighted by Crippen LogP contribution is -2.01. The maximum Gasteiger partial charge on any atom is 0.219 e. The van der Waals surface area contributed by atoms with Gasteiger partial charge in [0.2, 0.25) is 5.88 Å². The molecule has 0 unspecified atom stereocenters. The Morgan fingerprint density at radius 3 is 2.53 bits per heavy atom. The van der Waals surface area contributed by atoms with Crippen LogP contribution in [0.15, 0.2) is 30.3 Å². The molecule has 0 saturated heterocycles. The van der Waals surface area contributed by atoms with E-state index >= 15 is 0 Å². The molecule has 4 nitrogen and oxygen atoms in total. The van der Waals surface area contributed by atoms with Gasteiger partial charge in [0.1, 0.15) is 0 Å².